The molecule has 3 atom stereocenters. The summed E-state index contributed by atoms with van der Waals surface area (Å²) >= 11 is 5.81. The monoisotopic (exact) mass is 222 g/mol. The van der Waals surface area contributed by atoms with Gasteiger partial charge in [0, 0.05) is 6.20 Å². The Bertz CT molecular complexity index is 349. The number of nitrogens with zero attached hydrogens (tertiary/aromatic N) is 1. The van der Waals surface area contributed by atoms with Crippen molar-refractivity contribution in [3.8, 4) is 0 Å². The van der Waals surface area contributed by atoms with Crippen LogP contribution in [-0.2, 0) is 0 Å². The SMILES string of the molecule is Clc1ccc(C2CCC3CNCC32)cn1. The second-order valence-corrected chi connectivity index (χ2v) is 5.07. The fraction of sp³-hybridized carbons (Fsp3) is 0.583. The zero-order valence-corrected chi connectivity index (χ0v) is 9.37. The molecular formula is C12H15ClN2. The average Bonchev–Trinajstić information content (AvgIpc) is 2.80. The Balaban J connectivity index is 1.85. The van der Waals surface area contributed by atoms with Gasteiger partial charge in [0.05, 0.1) is 0 Å². The summed E-state index contributed by atoms with van der Waals surface area (Å²) in [4.78, 5) is 4.18. The van der Waals surface area contributed by atoms with Gasteiger partial charge in [-0.2, -0.15) is 0 Å². The smallest absolute Gasteiger partial charge is 0.129 e. The van der Waals surface area contributed by atoms with Crippen LogP contribution in [0.4, 0.5) is 0 Å². The Labute approximate surface area is 95.0 Å². The molecule has 2 aliphatic rings. The van der Waals surface area contributed by atoms with Gasteiger partial charge < -0.3 is 5.32 Å². The minimum atomic E-state index is 0.595. The molecule has 0 amide bonds. The van der Waals surface area contributed by atoms with E-state index in [0.717, 1.165) is 11.8 Å². The van der Waals surface area contributed by atoms with Crippen LogP contribution in [-0.4, -0.2) is 18.1 Å². The molecule has 0 aromatic carbocycles. The quantitative estimate of drug-likeness (QED) is 0.739. The van der Waals surface area contributed by atoms with Crippen molar-refractivity contribution in [2.75, 3.05) is 13.1 Å². The molecule has 3 heteroatoms. The minimum Gasteiger partial charge on any atom is -0.316 e. The molecule has 1 aromatic rings. The van der Waals surface area contributed by atoms with Crippen molar-refractivity contribution in [1.82, 2.24) is 10.3 Å². The lowest BCUT2D eigenvalue weighted by Crippen LogP contribution is -2.14. The number of hydrogen-bond acceptors (Lipinski definition) is 2. The van der Waals surface area contributed by atoms with Crippen LogP contribution in [0, 0.1) is 11.8 Å². The summed E-state index contributed by atoms with van der Waals surface area (Å²) in [7, 11) is 0. The van der Waals surface area contributed by atoms with Crippen molar-refractivity contribution in [2.24, 2.45) is 11.8 Å². The number of hydrogen-bond donors (Lipinski definition) is 1. The summed E-state index contributed by atoms with van der Waals surface area (Å²) in [5.74, 6) is 2.42. The number of fused-ring (bicyclic) bond motifs is 1. The second-order valence-electron chi connectivity index (χ2n) is 4.68. The summed E-state index contributed by atoms with van der Waals surface area (Å²) in [6.45, 7) is 2.39. The van der Waals surface area contributed by atoms with Gasteiger partial charge in [0.25, 0.3) is 0 Å². The molecule has 0 spiro atoms. The highest BCUT2D eigenvalue weighted by molar-refractivity contribution is 6.29. The number of pyridine rings is 1. The zero-order chi connectivity index (χ0) is 10.3. The molecule has 2 fully saturated rings. The molecule has 1 saturated carbocycles. The molecule has 1 aromatic heterocycles. The van der Waals surface area contributed by atoms with Gasteiger partial charge in [-0.15, -0.1) is 0 Å². The second kappa shape index (κ2) is 3.76. The number of rotatable bonds is 1. The molecular weight excluding hydrogens is 208 g/mol. The zero-order valence-electron chi connectivity index (χ0n) is 8.62. The average molecular weight is 223 g/mol. The predicted octanol–water partition coefficient (Wildman–Crippen LogP) is 2.45. The van der Waals surface area contributed by atoms with Gasteiger partial charge in [-0.05, 0) is 55.3 Å². The molecule has 80 valence electrons. The first kappa shape index (κ1) is 9.61. The van der Waals surface area contributed by atoms with Gasteiger partial charge in [-0.3, -0.25) is 0 Å². The van der Waals surface area contributed by atoms with E-state index in [1.165, 1.54) is 31.5 Å². The van der Waals surface area contributed by atoms with E-state index in [2.05, 4.69) is 16.4 Å². The van der Waals surface area contributed by atoms with E-state index in [-0.39, 0.29) is 0 Å². The van der Waals surface area contributed by atoms with Gasteiger partial charge in [0.1, 0.15) is 5.15 Å². The lowest BCUT2D eigenvalue weighted by Gasteiger charge is -2.17. The van der Waals surface area contributed by atoms with Gasteiger partial charge in [0.15, 0.2) is 0 Å². The van der Waals surface area contributed by atoms with Crippen LogP contribution in [0.1, 0.15) is 24.3 Å². The highest BCUT2D eigenvalue weighted by atomic mass is 35.5. The van der Waals surface area contributed by atoms with E-state index in [9.17, 15) is 0 Å². The van der Waals surface area contributed by atoms with Crippen LogP contribution in [0.2, 0.25) is 5.15 Å². The summed E-state index contributed by atoms with van der Waals surface area (Å²) in [5, 5.41) is 4.08. The molecule has 1 aliphatic heterocycles. The summed E-state index contributed by atoms with van der Waals surface area (Å²) in [5.41, 5.74) is 1.37. The minimum absolute atomic E-state index is 0.595. The standard InChI is InChI=1S/C12H15ClN2/c13-12-4-2-9(6-15-12)10-3-1-8-5-14-7-11(8)10/h2,4,6,8,10-11,14H,1,3,5,7H2. The molecule has 1 saturated heterocycles. The van der Waals surface area contributed by atoms with Crippen molar-refractivity contribution in [3.63, 3.8) is 0 Å². The summed E-state index contributed by atoms with van der Waals surface area (Å²) in [6, 6.07) is 4.05. The highest BCUT2D eigenvalue weighted by Crippen LogP contribution is 2.44. The Hall–Kier alpha value is -0.600. The first-order valence-electron chi connectivity index (χ1n) is 5.67. The van der Waals surface area contributed by atoms with Crippen LogP contribution in [0.25, 0.3) is 0 Å². The first-order valence-corrected chi connectivity index (χ1v) is 6.04. The van der Waals surface area contributed by atoms with Crippen LogP contribution < -0.4 is 5.32 Å². The normalized spacial score (nSPS) is 34.3. The van der Waals surface area contributed by atoms with Crippen molar-refractivity contribution in [3.05, 3.63) is 29.0 Å². The Morgan fingerprint density at radius 3 is 3.00 bits per heavy atom. The van der Waals surface area contributed by atoms with E-state index in [0.29, 0.717) is 11.1 Å². The molecule has 1 N–H and O–H groups in total. The molecule has 1 aliphatic carbocycles. The fourth-order valence-corrected chi connectivity index (χ4v) is 3.28. The van der Waals surface area contributed by atoms with Crippen LogP contribution in [0.3, 0.4) is 0 Å². The van der Waals surface area contributed by atoms with Crippen LogP contribution in [0.15, 0.2) is 18.3 Å². The predicted molar refractivity (Wildman–Crippen MR) is 61.1 cm³/mol. The van der Waals surface area contributed by atoms with E-state index in [1.807, 2.05) is 12.3 Å². The molecule has 0 radical (unpaired) electrons. The molecule has 3 unspecified atom stereocenters. The van der Waals surface area contributed by atoms with E-state index in [1.54, 1.807) is 0 Å². The number of nitrogens with one attached hydrogen (secondary N) is 1. The molecule has 15 heavy (non-hydrogen) atoms. The Morgan fingerprint density at radius 2 is 2.20 bits per heavy atom. The number of aromatic nitrogens is 1. The lowest BCUT2D eigenvalue weighted by atomic mass is 9.88. The van der Waals surface area contributed by atoms with Gasteiger partial charge in [-0.1, -0.05) is 17.7 Å². The topological polar surface area (TPSA) is 24.9 Å². The van der Waals surface area contributed by atoms with E-state index < -0.39 is 0 Å². The fourth-order valence-electron chi connectivity index (χ4n) is 3.17. The lowest BCUT2D eigenvalue weighted by molar-refractivity contribution is 0.454. The maximum Gasteiger partial charge on any atom is 0.129 e. The highest BCUT2D eigenvalue weighted by Gasteiger charge is 2.39. The third-order valence-corrected chi connectivity index (χ3v) is 4.16. The van der Waals surface area contributed by atoms with Gasteiger partial charge in [-0.25, -0.2) is 4.98 Å². The van der Waals surface area contributed by atoms with Crippen molar-refractivity contribution < 1.29 is 0 Å². The third kappa shape index (κ3) is 1.66. The molecule has 0 bridgehead atoms. The maximum absolute atomic E-state index is 5.81. The largest absolute Gasteiger partial charge is 0.316 e. The maximum atomic E-state index is 5.81. The van der Waals surface area contributed by atoms with E-state index >= 15 is 0 Å². The van der Waals surface area contributed by atoms with Crippen LogP contribution >= 0.6 is 11.6 Å². The van der Waals surface area contributed by atoms with Crippen molar-refractivity contribution in [2.45, 2.75) is 18.8 Å². The van der Waals surface area contributed by atoms with Gasteiger partial charge in [0.2, 0.25) is 0 Å². The number of halogens is 1. The van der Waals surface area contributed by atoms with E-state index in [4.69, 9.17) is 11.6 Å². The summed E-state index contributed by atoms with van der Waals surface area (Å²) in [6.07, 6.45) is 4.64. The van der Waals surface area contributed by atoms with Crippen molar-refractivity contribution >= 4 is 11.6 Å². The van der Waals surface area contributed by atoms with Crippen LogP contribution in [0.5, 0.6) is 0 Å². The van der Waals surface area contributed by atoms with Crippen molar-refractivity contribution in [1.29, 1.82) is 0 Å². The summed E-state index contributed by atoms with van der Waals surface area (Å²) < 4.78 is 0. The Kier molecular flexibility index (Phi) is 2.41. The third-order valence-electron chi connectivity index (χ3n) is 3.94. The first-order chi connectivity index (χ1) is 7.34. The Morgan fingerprint density at radius 1 is 1.27 bits per heavy atom. The molecule has 3 rings (SSSR count). The molecule has 2 heterocycles. The molecule has 2 nitrogen and oxygen atoms in total. The van der Waals surface area contributed by atoms with Gasteiger partial charge >= 0.3 is 0 Å².